The van der Waals surface area contributed by atoms with Gasteiger partial charge in [-0.1, -0.05) is 0 Å². The maximum atomic E-state index is 11.4. The first-order chi connectivity index (χ1) is 7.90. The van der Waals surface area contributed by atoms with Crippen LogP contribution in [0.3, 0.4) is 0 Å². The molecule has 0 aromatic carbocycles. The van der Waals surface area contributed by atoms with Crippen LogP contribution in [-0.2, 0) is 9.59 Å². The minimum absolute atomic E-state index is 0.0699. The predicted octanol–water partition coefficient (Wildman–Crippen LogP) is -2.99. The Morgan fingerprint density at radius 2 is 1.65 bits per heavy atom. The number of aliphatic hydroxyl groups excluding tert-OH is 3. The number of rotatable bonds is 8. The third-order valence-corrected chi connectivity index (χ3v) is 2.31. The van der Waals surface area contributed by atoms with Crippen molar-refractivity contribution in [3.05, 3.63) is 0 Å². The fraction of sp³-hybridized carbons (Fsp3) is 0.778. The van der Waals surface area contributed by atoms with Gasteiger partial charge in [0.2, 0.25) is 5.91 Å². The lowest BCUT2D eigenvalue weighted by atomic mass is 10.0. The van der Waals surface area contributed by atoms with Crippen LogP contribution in [0.25, 0.3) is 0 Å². The topological polar surface area (TPSA) is 153 Å². The molecule has 0 aliphatic carbocycles. The van der Waals surface area contributed by atoms with Gasteiger partial charge in [0.25, 0.3) is 0 Å². The number of hydrogen-bond acceptors (Lipinski definition) is 6. The number of carboxylic acid groups (broad SMARTS) is 1. The molecule has 0 radical (unpaired) electrons. The second-order valence-corrected chi connectivity index (χ2v) is 3.79. The van der Waals surface area contributed by atoms with Crippen LogP contribution >= 0.6 is 0 Å². The van der Waals surface area contributed by atoms with Crippen molar-refractivity contribution in [1.29, 1.82) is 0 Å². The molecule has 0 aliphatic heterocycles. The lowest BCUT2D eigenvalue weighted by Crippen LogP contribution is -2.57. The van der Waals surface area contributed by atoms with Crippen LogP contribution < -0.4 is 11.1 Å². The summed E-state index contributed by atoms with van der Waals surface area (Å²) in [6, 6.07) is -1.15. The summed E-state index contributed by atoms with van der Waals surface area (Å²) in [7, 11) is 0. The molecular formula is C9H18N2O6. The molecule has 7 N–H and O–H groups in total. The number of carboxylic acids is 1. The molecule has 8 nitrogen and oxygen atoms in total. The fourth-order valence-corrected chi connectivity index (χ4v) is 1.04. The summed E-state index contributed by atoms with van der Waals surface area (Å²) >= 11 is 0. The highest BCUT2D eigenvalue weighted by Crippen LogP contribution is 2.03. The van der Waals surface area contributed by atoms with Gasteiger partial charge in [0.15, 0.2) is 0 Å². The molecule has 8 heteroatoms. The van der Waals surface area contributed by atoms with E-state index in [1.54, 1.807) is 0 Å². The Bertz CT molecular complexity index is 258. The van der Waals surface area contributed by atoms with Crippen LogP contribution in [0, 0.1) is 0 Å². The monoisotopic (exact) mass is 250 g/mol. The Labute approximate surface area is 98.0 Å². The van der Waals surface area contributed by atoms with Gasteiger partial charge in [0.1, 0.15) is 11.6 Å². The second-order valence-electron chi connectivity index (χ2n) is 3.79. The molecule has 0 aromatic rings. The van der Waals surface area contributed by atoms with E-state index in [0.717, 1.165) is 0 Å². The maximum Gasteiger partial charge on any atom is 0.320 e. The highest BCUT2D eigenvalue weighted by molar-refractivity contribution is 5.79. The van der Waals surface area contributed by atoms with Gasteiger partial charge in [-0.2, -0.15) is 0 Å². The van der Waals surface area contributed by atoms with Crippen LogP contribution in [0.1, 0.15) is 12.8 Å². The first-order valence-corrected chi connectivity index (χ1v) is 5.03. The largest absolute Gasteiger partial charge is 0.480 e. The smallest absolute Gasteiger partial charge is 0.320 e. The molecule has 0 rings (SSSR count). The molecule has 1 amide bonds. The molecule has 0 bridgehead atoms. The van der Waals surface area contributed by atoms with Crippen molar-refractivity contribution < 1.29 is 30.0 Å². The van der Waals surface area contributed by atoms with Crippen molar-refractivity contribution in [3.63, 3.8) is 0 Å². The van der Waals surface area contributed by atoms with E-state index in [1.165, 1.54) is 0 Å². The van der Waals surface area contributed by atoms with Gasteiger partial charge < -0.3 is 31.5 Å². The zero-order valence-corrected chi connectivity index (χ0v) is 9.30. The van der Waals surface area contributed by atoms with E-state index in [4.69, 9.17) is 26.2 Å². The minimum atomic E-state index is -1.50. The molecular weight excluding hydrogens is 232 g/mol. The summed E-state index contributed by atoms with van der Waals surface area (Å²) in [5, 5.41) is 37.5. The van der Waals surface area contributed by atoms with Gasteiger partial charge in [-0.3, -0.25) is 9.59 Å². The van der Waals surface area contributed by atoms with Crippen LogP contribution in [0.15, 0.2) is 0 Å². The molecule has 0 spiro atoms. The third kappa shape index (κ3) is 5.09. The lowest BCUT2D eigenvalue weighted by Gasteiger charge is -2.28. The standard InChI is InChI=1S/C9H18N2O6/c10-6(8(16)17)1-2-7(15)11-9(3-12,4-13)5-14/h6,12-14H,1-5,10H2,(H,11,15)(H,16,17)/t6-/m0/s1. The minimum Gasteiger partial charge on any atom is -0.480 e. The van der Waals surface area contributed by atoms with Crippen molar-refractivity contribution in [1.82, 2.24) is 5.32 Å². The normalized spacial score (nSPS) is 13.2. The van der Waals surface area contributed by atoms with Gasteiger partial charge in [0.05, 0.1) is 19.8 Å². The Kier molecular flexibility index (Phi) is 6.66. The Morgan fingerprint density at radius 1 is 1.18 bits per heavy atom. The molecule has 100 valence electrons. The molecule has 0 fully saturated rings. The van der Waals surface area contributed by atoms with Gasteiger partial charge in [-0.25, -0.2) is 0 Å². The number of aliphatic carboxylic acids is 1. The molecule has 0 saturated heterocycles. The summed E-state index contributed by atoms with van der Waals surface area (Å²) in [6.45, 7) is -1.88. The highest BCUT2D eigenvalue weighted by Gasteiger charge is 2.29. The van der Waals surface area contributed by atoms with Crippen molar-refractivity contribution in [3.8, 4) is 0 Å². The molecule has 0 saturated carbocycles. The maximum absolute atomic E-state index is 11.4. The Morgan fingerprint density at radius 3 is 2.00 bits per heavy atom. The SMILES string of the molecule is N[C@@H](CCC(=O)NC(CO)(CO)CO)C(=O)O. The number of carbonyl (C=O) groups is 2. The zero-order chi connectivity index (χ0) is 13.5. The van der Waals surface area contributed by atoms with Gasteiger partial charge in [-0.05, 0) is 6.42 Å². The number of hydrogen-bond donors (Lipinski definition) is 6. The van der Waals surface area contributed by atoms with Crippen molar-refractivity contribution >= 4 is 11.9 Å². The van der Waals surface area contributed by atoms with E-state index in [2.05, 4.69) is 5.32 Å². The summed E-state index contributed by atoms with van der Waals surface area (Å²) in [6.07, 6.45) is -0.241. The highest BCUT2D eigenvalue weighted by atomic mass is 16.4. The summed E-state index contributed by atoms with van der Waals surface area (Å²) in [4.78, 5) is 21.8. The van der Waals surface area contributed by atoms with Gasteiger partial charge in [0, 0.05) is 6.42 Å². The molecule has 0 aliphatic rings. The Balaban J connectivity index is 4.21. The quantitative estimate of drug-likeness (QED) is 0.268. The molecule has 17 heavy (non-hydrogen) atoms. The zero-order valence-electron chi connectivity index (χ0n) is 9.30. The van der Waals surface area contributed by atoms with Crippen molar-refractivity contribution in [2.45, 2.75) is 24.4 Å². The van der Waals surface area contributed by atoms with Crippen molar-refractivity contribution in [2.24, 2.45) is 5.73 Å². The first-order valence-electron chi connectivity index (χ1n) is 5.03. The number of amides is 1. The van der Waals surface area contributed by atoms with Crippen LogP contribution in [0.4, 0.5) is 0 Å². The lowest BCUT2D eigenvalue weighted by molar-refractivity contribution is -0.138. The van der Waals surface area contributed by atoms with Crippen LogP contribution in [0.2, 0.25) is 0 Å². The summed E-state index contributed by atoms with van der Waals surface area (Å²) < 4.78 is 0. The third-order valence-electron chi connectivity index (χ3n) is 2.31. The van der Waals surface area contributed by atoms with E-state index in [0.29, 0.717) is 0 Å². The number of aliphatic hydroxyl groups is 3. The van der Waals surface area contributed by atoms with E-state index >= 15 is 0 Å². The van der Waals surface area contributed by atoms with Crippen LogP contribution in [-0.4, -0.2) is 63.7 Å². The Hall–Kier alpha value is -1.22. The first kappa shape index (κ1) is 15.8. The molecule has 0 aromatic heterocycles. The molecule has 1 atom stereocenters. The molecule has 0 heterocycles. The van der Waals surface area contributed by atoms with E-state index in [1.807, 2.05) is 0 Å². The fourth-order valence-electron chi connectivity index (χ4n) is 1.04. The summed E-state index contributed by atoms with van der Waals surface area (Å²) in [5.41, 5.74) is 3.70. The van der Waals surface area contributed by atoms with Crippen LogP contribution in [0.5, 0.6) is 0 Å². The molecule has 0 unspecified atom stereocenters. The van der Waals surface area contributed by atoms with Gasteiger partial charge >= 0.3 is 5.97 Å². The number of nitrogens with one attached hydrogen (secondary N) is 1. The van der Waals surface area contributed by atoms with Crippen molar-refractivity contribution in [2.75, 3.05) is 19.8 Å². The predicted molar refractivity (Wildman–Crippen MR) is 57.0 cm³/mol. The van der Waals surface area contributed by atoms with Gasteiger partial charge in [-0.15, -0.1) is 0 Å². The number of carbonyl (C=O) groups excluding carboxylic acids is 1. The number of nitrogens with two attached hydrogens (primary N) is 1. The van der Waals surface area contributed by atoms with E-state index in [-0.39, 0.29) is 12.8 Å². The summed E-state index contributed by atoms with van der Waals surface area (Å²) in [5.74, 6) is -1.81. The van der Waals surface area contributed by atoms with E-state index < -0.39 is 43.3 Å². The average Bonchev–Trinajstić information content (AvgIpc) is 2.33. The average molecular weight is 250 g/mol. The second kappa shape index (κ2) is 7.17. The van der Waals surface area contributed by atoms with E-state index in [9.17, 15) is 9.59 Å².